The fourth-order valence-electron chi connectivity index (χ4n) is 4.69. The number of β-amino-alcohol motifs (C(OH)–C–C–N with tert-alkyl or cyclic N) is 1. The number of aromatic nitrogens is 1. The van der Waals surface area contributed by atoms with Crippen molar-refractivity contribution in [3.05, 3.63) is 53.7 Å². The maximum atomic E-state index is 12.6. The average molecular weight is 438 g/mol. The van der Waals surface area contributed by atoms with Gasteiger partial charge in [0.25, 0.3) is 0 Å². The Balaban J connectivity index is 1.29. The van der Waals surface area contributed by atoms with E-state index in [4.69, 9.17) is 4.74 Å². The lowest BCUT2D eigenvalue weighted by Gasteiger charge is -2.34. The Kier molecular flexibility index (Phi) is 7.43. The van der Waals surface area contributed by atoms with Gasteiger partial charge in [-0.25, -0.2) is 4.98 Å². The van der Waals surface area contributed by atoms with Crippen LogP contribution in [0.5, 0.6) is 5.88 Å². The first kappa shape index (κ1) is 22.7. The fraction of sp³-hybridized carbons (Fsp3) is 0.538. The molecule has 6 nitrogen and oxygen atoms in total. The number of hydrogen-bond donors (Lipinski definition) is 1. The lowest BCUT2D eigenvalue weighted by molar-refractivity contribution is -0.121. The summed E-state index contributed by atoms with van der Waals surface area (Å²) in [4.78, 5) is 21.0. The van der Waals surface area contributed by atoms with E-state index in [0.717, 1.165) is 56.6 Å². The van der Waals surface area contributed by atoms with Crippen LogP contribution in [0.15, 0.2) is 42.6 Å². The third-order valence-electron chi connectivity index (χ3n) is 6.61. The van der Waals surface area contributed by atoms with Crippen molar-refractivity contribution >= 4 is 11.6 Å². The molecular weight excluding hydrogens is 402 g/mol. The predicted octanol–water partition coefficient (Wildman–Crippen LogP) is 3.84. The minimum absolute atomic E-state index is 0.0106. The molecule has 1 atom stereocenters. The van der Waals surface area contributed by atoms with Crippen LogP contribution >= 0.6 is 0 Å². The van der Waals surface area contributed by atoms with Crippen LogP contribution in [0, 0.1) is 11.8 Å². The highest BCUT2D eigenvalue weighted by atomic mass is 16.5. The SMILES string of the molecule is CC(C)C(=O)N1CCCc2cc(C(O)CN3CCC(COc4ccccn4)CC3)ccc21. The molecule has 1 aromatic carbocycles. The minimum atomic E-state index is -0.516. The van der Waals surface area contributed by atoms with Gasteiger partial charge in [-0.05, 0) is 68.0 Å². The Morgan fingerprint density at radius 1 is 1.19 bits per heavy atom. The number of anilines is 1. The smallest absolute Gasteiger partial charge is 0.229 e. The number of amides is 1. The summed E-state index contributed by atoms with van der Waals surface area (Å²) in [5.41, 5.74) is 3.13. The number of carbonyl (C=O) groups excluding carboxylic acids is 1. The van der Waals surface area contributed by atoms with E-state index in [1.165, 1.54) is 5.56 Å². The molecule has 1 amide bonds. The molecule has 1 saturated heterocycles. The van der Waals surface area contributed by atoms with E-state index < -0.39 is 6.10 Å². The molecule has 6 heteroatoms. The number of carbonyl (C=O) groups is 1. The van der Waals surface area contributed by atoms with Gasteiger partial charge in [-0.3, -0.25) is 4.79 Å². The summed E-state index contributed by atoms with van der Waals surface area (Å²) in [7, 11) is 0. The van der Waals surface area contributed by atoms with Crippen LogP contribution in [0.3, 0.4) is 0 Å². The van der Waals surface area contributed by atoms with Gasteiger partial charge in [-0.1, -0.05) is 32.0 Å². The molecule has 3 heterocycles. The van der Waals surface area contributed by atoms with Gasteiger partial charge >= 0.3 is 0 Å². The monoisotopic (exact) mass is 437 g/mol. The first-order valence-electron chi connectivity index (χ1n) is 11.9. The highest BCUT2D eigenvalue weighted by Gasteiger charge is 2.26. The van der Waals surface area contributed by atoms with Crippen LogP contribution in [-0.4, -0.2) is 53.7 Å². The summed E-state index contributed by atoms with van der Waals surface area (Å²) < 4.78 is 5.82. The molecule has 0 spiro atoms. The van der Waals surface area contributed by atoms with Crippen LogP contribution in [0.2, 0.25) is 0 Å². The Morgan fingerprint density at radius 3 is 2.72 bits per heavy atom. The summed E-state index contributed by atoms with van der Waals surface area (Å²) >= 11 is 0. The maximum Gasteiger partial charge on any atom is 0.229 e. The standard InChI is InChI=1S/C26H35N3O3/c1-19(2)26(31)29-13-5-6-21-16-22(8-9-23(21)29)24(30)17-28-14-10-20(11-15-28)18-32-25-7-3-4-12-27-25/h3-4,7-9,12,16,19-20,24,30H,5-6,10-11,13-15,17-18H2,1-2H3. The lowest BCUT2D eigenvalue weighted by atomic mass is 9.95. The molecule has 1 N–H and O–H groups in total. The zero-order valence-corrected chi connectivity index (χ0v) is 19.2. The zero-order valence-electron chi connectivity index (χ0n) is 19.2. The van der Waals surface area contributed by atoms with Crippen molar-refractivity contribution in [3.8, 4) is 5.88 Å². The van der Waals surface area contributed by atoms with Gasteiger partial charge in [0.15, 0.2) is 0 Å². The number of rotatable bonds is 7. The number of aliphatic hydroxyl groups is 1. The van der Waals surface area contributed by atoms with Gasteiger partial charge in [-0.15, -0.1) is 0 Å². The first-order chi connectivity index (χ1) is 15.5. The number of hydrogen-bond acceptors (Lipinski definition) is 5. The molecule has 2 aliphatic rings. The predicted molar refractivity (Wildman–Crippen MR) is 126 cm³/mol. The summed E-state index contributed by atoms with van der Waals surface area (Å²) in [5, 5.41) is 10.9. The largest absolute Gasteiger partial charge is 0.477 e. The average Bonchev–Trinajstić information content (AvgIpc) is 2.83. The highest BCUT2D eigenvalue weighted by molar-refractivity contribution is 5.95. The molecule has 2 aromatic rings. The molecule has 32 heavy (non-hydrogen) atoms. The van der Waals surface area contributed by atoms with Crippen LogP contribution in [-0.2, 0) is 11.2 Å². The van der Waals surface area contributed by atoms with Crippen molar-refractivity contribution in [3.63, 3.8) is 0 Å². The number of piperidine rings is 1. The number of pyridine rings is 1. The normalized spacial score (nSPS) is 18.4. The van der Waals surface area contributed by atoms with Crippen molar-refractivity contribution in [2.75, 3.05) is 37.7 Å². The van der Waals surface area contributed by atoms with Crippen LogP contribution < -0.4 is 9.64 Å². The Labute approximate surface area is 191 Å². The lowest BCUT2D eigenvalue weighted by Crippen LogP contribution is -2.38. The van der Waals surface area contributed by atoms with E-state index in [2.05, 4.69) is 16.0 Å². The van der Waals surface area contributed by atoms with Gasteiger partial charge in [0.1, 0.15) is 0 Å². The minimum Gasteiger partial charge on any atom is -0.477 e. The molecule has 2 aliphatic heterocycles. The molecule has 0 aliphatic carbocycles. The molecule has 1 fully saturated rings. The van der Waals surface area contributed by atoms with Gasteiger partial charge in [0.2, 0.25) is 11.8 Å². The van der Waals surface area contributed by atoms with Crippen LogP contribution in [0.25, 0.3) is 0 Å². The van der Waals surface area contributed by atoms with Gasteiger partial charge in [0, 0.05) is 37.0 Å². The van der Waals surface area contributed by atoms with Gasteiger partial charge in [-0.2, -0.15) is 0 Å². The van der Waals surface area contributed by atoms with Crippen molar-refractivity contribution in [2.24, 2.45) is 11.8 Å². The maximum absolute atomic E-state index is 12.6. The number of likely N-dealkylation sites (tertiary alicyclic amines) is 1. The third-order valence-corrected chi connectivity index (χ3v) is 6.61. The van der Waals surface area contributed by atoms with Crippen molar-refractivity contribution in [1.29, 1.82) is 0 Å². The van der Waals surface area contributed by atoms with E-state index in [0.29, 0.717) is 24.9 Å². The van der Waals surface area contributed by atoms with Crippen LogP contribution in [0.1, 0.15) is 50.3 Å². The second kappa shape index (κ2) is 10.5. The van der Waals surface area contributed by atoms with Crippen molar-refractivity contribution in [2.45, 2.75) is 45.6 Å². The van der Waals surface area contributed by atoms with Crippen molar-refractivity contribution < 1.29 is 14.6 Å². The van der Waals surface area contributed by atoms with E-state index in [1.807, 2.05) is 49.1 Å². The molecule has 1 aromatic heterocycles. The third kappa shape index (κ3) is 5.48. The van der Waals surface area contributed by atoms with E-state index in [9.17, 15) is 9.90 Å². The van der Waals surface area contributed by atoms with Crippen molar-refractivity contribution in [1.82, 2.24) is 9.88 Å². The Morgan fingerprint density at radius 2 is 2.00 bits per heavy atom. The highest BCUT2D eigenvalue weighted by Crippen LogP contribution is 2.31. The second-order valence-corrected chi connectivity index (χ2v) is 9.38. The number of ether oxygens (including phenoxy) is 1. The number of aliphatic hydroxyl groups excluding tert-OH is 1. The molecule has 172 valence electrons. The fourth-order valence-corrected chi connectivity index (χ4v) is 4.69. The summed E-state index contributed by atoms with van der Waals surface area (Å²) in [6.45, 7) is 7.95. The number of benzene rings is 1. The molecule has 0 saturated carbocycles. The Bertz CT molecular complexity index is 894. The number of nitrogens with zero attached hydrogens (tertiary/aromatic N) is 3. The second-order valence-electron chi connectivity index (χ2n) is 9.38. The van der Waals surface area contributed by atoms with Gasteiger partial charge < -0.3 is 19.6 Å². The van der Waals surface area contributed by atoms with E-state index in [1.54, 1.807) is 6.20 Å². The molecule has 1 unspecified atom stereocenters. The number of fused-ring (bicyclic) bond motifs is 1. The zero-order chi connectivity index (χ0) is 22.5. The van der Waals surface area contributed by atoms with E-state index >= 15 is 0 Å². The van der Waals surface area contributed by atoms with E-state index in [-0.39, 0.29) is 11.8 Å². The molecular formula is C26H35N3O3. The summed E-state index contributed by atoms with van der Waals surface area (Å²) in [6, 6.07) is 11.8. The number of aryl methyl sites for hydroxylation is 1. The quantitative estimate of drug-likeness (QED) is 0.713. The topological polar surface area (TPSA) is 65.9 Å². The summed E-state index contributed by atoms with van der Waals surface area (Å²) in [5.74, 6) is 1.38. The van der Waals surface area contributed by atoms with Crippen LogP contribution in [0.4, 0.5) is 5.69 Å². The molecule has 0 radical (unpaired) electrons. The van der Waals surface area contributed by atoms with Gasteiger partial charge in [0.05, 0.1) is 12.7 Å². The molecule has 0 bridgehead atoms. The Hall–Kier alpha value is -2.44. The molecule has 4 rings (SSSR count). The first-order valence-corrected chi connectivity index (χ1v) is 11.9. The summed E-state index contributed by atoms with van der Waals surface area (Å²) in [6.07, 6.45) is 5.29.